The number of para-hydroxylation sites is 1. The predicted octanol–water partition coefficient (Wildman–Crippen LogP) is 2.60. The molecule has 22 heavy (non-hydrogen) atoms. The highest BCUT2D eigenvalue weighted by Gasteiger charge is 2.12. The molecule has 0 aliphatic rings. The van der Waals surface area contributed by atoms with Gasteiger partial charge >= 0.3 is 0 Å². The quantitative estimate of drug-likeness (QED) is 0.887. The van der Waals surface area contributed by atoms with Gasteiger partial charge in [0.25, 0.3) is 11.8 Å². The van der Waals surface area contributed by atoms with E-state index in [-0.39, 0.29) is 17.0 Å². The Morgan fingerprint density at radius 1 is 1.23 bits per heavy atom. The van der Waals surface area contributed by atoms with E-state index in [1.807, 2.05) is 0 Å². The first-order valence-corrected chi connectivity index (χ1v) is 6.61. The lowest BCUT2D eigenvalue weighted by Crippen LogP contribution is -2.22. The van der Waals surface area contributed by atoms with Crippen LogP contribution < -0.4 is 15.8 Å². The molecule has 0 fully saturated rings. The maximum Gasteiger partial charge on any atom is 0.262 e. The molecule has 0 aromatic heterocycles. The van der Waals surface area contributed by atoms with Crippen molar-refractivity contribution in [3.05, 3.63) is 58.9 Å². The summed E-state index contributed by atoms with van der Waals surface area (Å²) in [6.45, 7) is -0.407. The smallest absolute Gasteiger partial charge is 0.262 e. The summed E-state index contributed by atoms with van der Waals surface area (Å²) >= 11 is 5.76. The SMILES string of the molecule is NC(=O)c1cc(Cl)ccc1OCC(=O)Nc1ccccc1F. The number of halogens is 2. The van der Waals surface area contributed by atoms with Crippen molar-refractivity contribution in [1.82, 2.24) is 0 Å². The van der Waals surface area contributed by atoms with E-state index in [9.17, 15) is 14.0 Å². The van der Waals surface area contributed by atoms with Crippen LogP contribution in [0.2, 0.25) is 5.02 Å². The van der Waals surface area contributed by atoms with Crippen LogP contribution >= 0.6 is 11.6 Å². The van der Waals surface area contributed by atoms with Crippen LogP contribution in [0.5, 0.6) is 5.75 Å². The third-order valence-electron chi connectivity index (χ3n) is 2.71. The first kappa shape index (κ1) is 15.8. The van der Waals surface area contributed by atoms with Gasteiger partial charge in [0.2, 0.25) is 0 Å². The standard InChI is InChI=1S/C15H12ClFN2O3/c16-9-5-6-13(10(7-9)15(18)21)22-8-14(20)19-12-4-2-1-3-11(12)17/h1-7H,8H2,(H2,18,21)(H,19,20). The topological polar surface area (TPSA) is 81.4 Å². The summed E-state index contributed by atoms with van der Waals surface area (Å²) in [5.41, 5.74) is 5.31. The number of primary amides is 1. The number of nitrogens with one attached hydrogen (secondary N) is 1. The zero-order valence-electron chi connectivity index (χ0n) is 11.3. The zero-order valence-corrected chi connectivity index (χ0v) is 12.1. The summed E-state index contributed by atoms with van der Waals surface area (Å²) in [5, 5.41) is 2.68. The summed E-state index contributed by atoms with van der Waals surface area (Å²) in [5.74, 6) is -1.73. The fourth-order valence-corrected chi connectivity index (χ4v) is 1.88. The number of benzene rings is 2. The Labute approximate surface area is 130 Å². The molecule has 0 aliphatic heterocycles. The summed E-state index contributed by atoms with van der Waals surface area (Å²) < 4.78 is 18.6. The van der Waals surface area contributed by atoms with Gasteiger partial charge in [0, 0.05) is 5.02 Å². The van der Waals surface area contributed by atoms with Crippen molar-refractivity contribution >= 4 is 29.1 Å². The van der Waals surface area contributed by atoms with Crippen molar-refractivity contribution in [1.29, 1.82) is 0 Å². The molecule has 114 valence electrons. The van der Waals surface area contributed by atoms with Crippen LogP contribution in [-0.4, -0.2) is 18.4 Å². The van der Waals surface area contributed by atoms with Crippen molar-refractivity contribution in [2.45, 2.75) is 0 Å². The van der Waals surface area contributed by atoms with Gasteiger partial charge in [-0.2, -0.15) is 0 Å². The molecule has 0 atom stereocenters. The molecule has 0 aliphatic carbocycles. The molecule has 2 amide bonds. The molecule has 0 unspecified atom stereocenters. The summed E-state index contributed by atoms with van der Waals surface area (Å²) in [6, 6.07) is 10.0. The molecule has 2 aromatic carbocycles. The molecule has 5 nitrogen and oxygen atoms in total. The highest BCUT2D eigenvalue weighted by Crippen LogP contribution is 2.22. The number of ether oxygens (including phenoxy) is 1. The Kier molecular flexibility index (Phi) is 4.95. The van der Waals surface area contributed by atoms with Gasteiger partial charge in [0.15, 0.2) is 6.61 Å². The maximum atomic E-state index is 13.4. The van der Waals surface area contributed by atoms with Gasteiger partial charge in [-0.1, -0.05) is 23.7 Å². The van der Waals surface area contributed by atoms with Crippen molar-refractivity contribution in [2.75, 3.05) is 11.9 Å². The highest BCUT2D eigenvalue weighted by atomic mass is 35.5. The third kappa shape index (κ3) is 3.95. The lowest BCUT2D eigenvalue weighted by atomic mass is 10.2. The number of rotatable bonds is 5. The average molecular weight is 323 g/mol. The number of carbonyl (C=O) groups is 2. The van der Waals surface area contributed by atoms with Crippen LogP contribution in [0, 0.1) is 5.82 Å². The van der Waals surface area contributed by atoms with E-state index in [1.165, 1.54) is 36.4 Å². The molecule has 7 heteroatoms. The summed E-state index contributed by atoms with van der Waals surface area (Å²) in [4.78, 5) is 23.0. The number of hydrogen-bond acceptors (Lipinski definition) is 3. The van der Waals surface area contributed by atoms with E-state index >= 15 is 0 Å². The number of carbonyl (C=O) groups excluding carboxylic acids is 2. The second-order valence-corrected chi connectivity index (χ2v) is 4.76. The van der Waals surface area contributed by atoms with Gasteiger partial charge in [-0.3, -0.25) is 9.59 Å². The van der Waals surface area contributed by atoms with Gasteiger partial charge in [0.05, 0.1) is 11.3 Å². The van der Waals surface area contributed by atoms with Crippen LogP contribution in [0.1, 0.15) is 10.4 Å². The van der Waals surface area contributed by atoms with Gasteiger partial charge in [-0.15, -0.1) is 0 Å². The molecule has 0 saturated heterocycles. The second-order valence-electron chi connectivity index (χ2n) is 4.32. The minimum atomic E-state index is -0.730. The number of nitrogens with two attached hydrogens (primary N) is 1. The number of anilines is 1. The van der Waals surface area contributed by atoms with Crippen molar-refractivity contribution < 1.29 is 18.7 Å². The van der Waals surface area contributed by atoms with E-state index < -0.39 is 24.2 Å². The Bertz CT molecular complexity index is 722. The van der Waals surface area contributed by atoms with E-state index in [2.05, 4.69) is 5.32 Å². The first-order valence-electron chi connectivity index (χ1n) is 6.24. The summed E-state index contributed by atoms with van der Waals surface area (Å²) in [6.07, 6.45) is 0. The molecule has 0 saturated carbocycles. The Morgan fingerprint density at radius 3 is 2.64 bits per heavy atom. The fourth-order valence-electron chi connectivity index (χ4n) is 1.71. The number of hydrogen-bond donors (Lipinski definition) is 2. The fraction of sp³-hybridized carbons (Fsp3) is 0.0667. The van der Waals surface area contributed by atoms with Gasteiger partial charge in [0.1, 0.15) is 11.6 Å². The van der Waals surface area contributed by atoms with E-state index in [0.717, 1.165) is 0 Å². The van der Waals surface area contributed by atoms with E-state index in [1.54, 1.807) is 6.07 Å². The molecule has 0 bridgehead atoms. The highest BCUT2D eigenvalue weighted by molar-refractivity contribution is 6.31. The minimum absolute atomic E-state index is 0.0438. The average Bonchev–Trinajstić information content (AvgIpc) is 2.48. The third-order valence-corrected chi connectivity index (χ3v) is 2.95. The normalized spacial score (nSPS) is 10.1. The summed E-state index contributed by atoms with van der Waals surface area (Å²) in [7, 11) is 0. The Hall–Kier alpha value is -2.60. The first-order chi connectivity index (χ1) is 10.5. The Morgan fingerprint density at radius 2 is 1.95 bits per heavy atom. The lowest BCUT2D eigenvalue weighted by molar-refractivity contribution is -0.118. The zero-order chi connectivity index (χ0) is 16.1. The van der Waals surface area contributed by atoms with Crippen LogP contribution in [0.4, 0.5) is 10.1 Å². The monoisotopic (exact) mass is 322 g/mol. The molecular formula is C15H12ClFN2O3. The largest absolute Gasteiger partial charge is 0.483 e. The van der Waals surface area contributed by atoms with Crippen molar-refractivity contribution in [3.8, 4) is 5.75 Å². The Balaban J connectivity index is 2.03. The van der Waals surface area contributed by atoms with Gasteiger partial charge < -0.3 is 15.8 Å². The van der Waals surface area contributed by atoms with Crippen LogP contribution in [0.15, 0.2) is 42.5 Å². The minimum Gasteiger partial charge on any atom is -0.483 e. The molecule has 2 rings (SSSR count). The molecule has 0 radical (unpaired) electrons. The molecule has 3 N–H and O–H groups in total. The molecule has 0 heterocycles. The van der Waals surface area contributed by atoms with Crippen LogP contribution in [-0.2, 0) is 4.79 Å². The van der Waals surface area contributed by atoms with Crippen LogP contribution in [0.3, 0.4) is 0 Å². The van der Waals surface area contributed by atoms with E-state index in [4.69, 9.17) is 22.1 Å². The number of amides is 2. The van der Waals surface area contributed by atoms with Gasteiger partial charge in [-0.05, 0) is 30.3 Å². The predicted molar refractivity (Wildman–Crippen MR) is 80.5 cm³/mol. The maximum absolute atomic E-state index is 13.4. The lowest BCUT2D eigenvalue weighted by Gasteiger charge is -2.10. The molecule has 0 spiro atoms. The van der Waals surface area contributed by atoms with E-state index in [0.29, 0.717) is 5.02 Å². The van der Waals surface area contributed by atoms with Crippen molar-refractivity contribution in [3.63, 3.8) is 0 Å². The molecule has 2 aromatic rings. The van der Waals surface area contributed by atoms with Crippen LogP contribution in [0.25, 0.3) is 0 Å². The molecular weight excluding hydrogens is 311 g/mol. The van der Waals surface area contributed by atoms with Crippen molar-refractivity contribution in [2.24, 2.45) is 5.73 Å². The second kappa shape index (κ2) is 6.91. The van der Waals surface area contributed by atoms with Gasteiger partial charge in [-0.25, -0.2) is 4.39 Å².